The van der Waals surface area contributed by atoms with Crippen molar-refractivity contribution in [3.63, 3.8) is 0 Å². The molecule has 0 bridgehead atoms. The van der Waals surface area contributed by atoms with Crippen LogP contribution in [0.5, 0.6) is 0 Å². The molecule has 0 spiro atoms. The van der Waals surface area contributed by atoms with Crippen molar-refractivity contribution in [2.75, 3.05) is 0 Å². The fourth-order valence-corrected chi connectivity index (χ4v) is 9.38. The second-order valence-corrected chi connectivity index (χ2v) is 16.8. The second-order valence-electron chi connectivity index (χ2n) is 16.8. The first-order chi connectivity index (χ1) is 33.2. The number of aromatic nitrogens is 4. The summed E-state index contributed by atoms with van der Waals surface area (Å²) in [6.45, 7) is 0. The molecule has 0 aliphatic heterocycles. The molecule has 0 atom stereocenters. The van der Waals surface area contributed by atoms with E-state index in [1.165, 1.54) is 33.0 Å². The Hall–Kier alpha value is -8.99. The van der Waals surface area contributed by atoms with Crippen molar-refractivity contribution in [2.24, 2.45) is 0 Å². The lowest BCUT2D eigenvalue weighted by atomic mass is 9.93. The van der Waals surface area contributed by atoms with Gasteiger partial charge in [-0.3, -0.25) is 0 Å². The van der Waals surface area contributed by atoms with Crippen LogP contribution in [0.1, 0.15) is 0 Å². The normalized spacial score (nSPS) is 11.3. The third-order valence-corrected chi connectivity index (χ3v) is 12.6. The summed E-state index contributed by atoms with van der Waals surface area (Å²) in [5, 5.41) is 2.39. The molecule has 0 amide bonds. The van der Waals surface area contributed by atoms with Crippen LogP contribution in [-0.4, -0.2) is 19.5 Å². The van der Waals surface area contributed by atoms with E-state index in [1.54, 1.807) is 0 Å². The molecule has 0 saturated heterocycles. The summed E-state index contributed by atoms with van der Waals surface area (Å²) in [5.41, 5.74) is 17.6. The van der Waals surface area contributed by atoms with Gasteiger partial charge in [0.15, 0.2) is 17.5 Å². The molecule has 2 aromatic heterocycles. The number of hydrogen-bond acceptors (Lipinski definition) is 3. The number of benzene rings is 10. The van der Waals surface area contributed by atoms with Gasteiger partial charge in [-0.25, -0.2) is 15.0 Å². The standard InChI is InChI=1S/C63H42N4/c1-6-19-43(20-7-1)48-35-36-58-57(42-48)60-56(33-18-34-59(60)67(58)55-31-14-5-15-32-55)49-28-17-30-51(38-49)63-65-61(46-25-12-4-13-26-46)64-62(66-63)50-29-16-27-47(37-50)54-40-52(44-21-8-2-9-22-44)39-53(41-54)45-23-10-3-11-24-45/h1-42H. The van der Waals surface area contributed by atoms with E-state index in [0.717, 1.165) is 66.8 Å². The molecule has 0 fully saturated rings. The minimum absolute atomic E-state index is 0.610. The van der Waals surface area contributed by atoms with Crippen LogP contribution >= 0.6 is 0 Å². The van der Waals surface area contributed by atoms with Gasteiger partial charge in [-0.1, -0.05) is 194 Å². The van der Waals surface area contributed by atoms with E-state index in [0.29, 0.717) is 17.5 Å². The third kappa shape index (κ3) is 7.67. The van der Waals surface area contributed by atoms with Gasteiger partial charge in [0.1, 0.15) is 0 Å². The maximum absolute atomic E-state index is 5.27. The summed E-state index contributed by atoms with van der Waals surface area (Å²) in [7, 11) is 0. The molecule has 314 valence electrons. The van der Waals surface area contributed by atoms with Crippen molar-refractivity contribution in [3.05, 3.63) is 255 Å². The molecular formula is C63H42N4. The SMILES string of the molecule is c1ccc(-c2cc(-c3ccccc3)cc(-c3cccc(-c4nc(-c5ccccc5)nc(-c5cccc(-c6cccc7c6c6cc(-c8ccccc8)ccc6n7-c6ccccc6)c5)n4)c3)c2)cc1. The zero-order valence-corrected chi connectivity index (χ0v) is 36.5. The van der Waals surface area contributed by atoms with E-state index in [2.05, 4.69) is 241 Å². The minimum atomic E-state index is 0.610. The van der Waals surface area contributed by atoms with Crippen molar-refractivity contribution in [1.82, 2.24) is 19.5 Å². The molecule has 0 radical (unpaired) electrons. The highest BCUT2D eigenvalue weighted by Gasteiger charge is 2.19. The van der Waals surface area contributed by atoms with Crippen molar-refractivity contribution >= 4 is 21.8 Å². The Balaban J connectivity index is 1.00. The van der Waals surface area contributed by atoms with Gasteiger partial charge in [0.25, 0.3) is 0 Å². The van der Waals surface area contributed by atoms with Crippen molar-refractivity contribution < 1.29 is 0 Å². The summed E-state index contributed by atoms with van der Waals surface area (Å²) < 4.78 is 2.38. The highest BCUT2D eigenvalue weighted by atomic mass is 15.0. The van der Waals surface area contributed by atoms with Crippen molar-refractivity contribution in [2.45, 2.75) is 0 Å². The number of rotatable bonds is 9. The van der Waals surface area contributed by atoms with Crippen LogP contribution in [-0.2, 0) is 0 Å². The lowest BCUT2D eigenvalue weighted by Crippen LogP contribution is -2.00. The molecule has 0 aliphatic carbocycles. The molecule has 0 unspecified atom stereocenters. The first-order valence-corrected chi connectivity index (χ1v) is 22.7. The van der Waals surface area contributed by atoms with Gasteiger partial charge < -0.3 is 4.57 Å². The van der Waals surface area contributed by atoms with Crippen LogP contribution < -0.4 is 0 Å². The number of hydrogen-bond donors (Lipinski definition) is 0. The lowest BCUT2D eigenvalue weighted by molar-refractivity contribution is 1.07. The summed E-state index contributed by atoms with van der Waals surface area (Å²) in [6.07, 6.45) is 0. The average Bonchev–Trinajstić information content (AvgIpc) is 3.76. The molecule has 10 aromatic carbocycles. The monoisotopic (exact) mass is 854 g/mol. The summed E-state index contributed by atoms with van der Waals surface area (Å²) in [6, 6.07) is 90.2. The van der Waals surface area contributed by atoms with Gasteiger partial charge in [0.2, 0.25) is 0 Å². The zero-order chi connectivity index (χ0) is 44.5. The first-order valence-electron chi connectivity index (χ1n) is 22.7. The van der Waals surface area contributed by atoms with Gasteiger partial charge in [-0.2, -0.15) is 0 Å². The minimum Gasteiger partial charge on any atom is -0.309 e. The predicted octanol–water partition coefficient (Wildman–Crippen LogP) is 16.3. The zero-order valence-electron chi connectivity index (χ0n) is 36.5. The molecule has 0 N–H and O–H groups in total. The fraction of sp³-hybridized carbons (Fsp3) is 0. The summed E-state index contributed by atoms with van der Waals surface area (Å²) >= 11 is 0. The highest BCUT2D eigenvalue weighted by Crippen LogP contribution is 2.41. The second kappa shape index (κ2) is 17.2. The van der Waals surface area contributed by atoms with E-state index >= 15 is 0 Å². The van der Waals surface area contributed by atoms with Gasteiger partial charge in [-0.15, -0.1) is 0 Å². The van der Waals surface area contributed by atoms with E-state index in [1.807, 2.05) is 18.2 Å². The van der Waals surface area contributed by atoms with Crippen LogP contribution in [0.4, 0.5) is 0 Å². The molecule has 0 aliphatic rings. The topological polar surface area (TPSA) is 43.6 Å². The van der Waals surface area contributed by atoms with Gasteiger partial charge in [0.05, 0.1) is 11.0 Å². The van der Waals surface area contributed by atoms with E-state index in [9.17, 15) is 0 Å². The fourth-order valence-electron chi connectivity index (χ4n) is 9.38. The first kappa shape index (κ1) is 39.6. The number of para-hydroxylation sites is 1. The van der Waals surface area contributed by atoms with Crippen LogP contribution in [0, 0.1) is 0 Å². The van der Waals surface area contributed by atoms with E-state index in [-0.39, 0.29) is 0 Å². The smallest absolute Gasteiger partial charge is 0.164 e. The van der Waals surface area contributed by atoms with Crippen LogP contribution in [0.25, 0.3) is 117 Å². The molecule has 67 heavy (non-hydrogen) atoms. The van der Waals surface area contributed by atoms with Gasteiger partial charge in [0, 0.05) is 33.2 Å². The maximum Gasteiger partial charge on any atom is 0.164 e. The molecule has 4 heteroatoms. The Bertz CT molecular complexity index is 3660. The Morgan fingerprint density at radius 1 is 0.239 bits per heavy atom. The molecule has 12 rings (SSSR count). The van der Waals surface area contributed by atoms with Crippen LogP contribution in [0.15, 0.2) is 255 Å². The molecule has 12 aromatic rings. The van der Waals surface area contributed by atoms with Crippen LogP contribution in [0.2, 0.25) is 0 Å². The average molecular weight is 855 g/mol. The Kier molecular flexibility index (Phi) is 10.2. The lowest BCUT2D eigenvalue weighted by Gasteiger charge is -2.13. The quantitative estimate of drug-likeness (QED) is 0.145. The molecule has 0 saturated carbocycles. The third-order valence-electron chi connectivity index (χ3n) is 12.6. The largest absolute Gasteiger partial charge is 0.309 e. The van der Waals surface area contributed by atoms with Crippen LogP contribution in [0.3, 0.4) is 0 Å². The predicted molar refractivity (Wildman–Crippen MR) is 278 cm³/mol. The van der Waals surface area contributed by atoms with E-state index < -0.39 is 0 Å². The van der Waals surface area contributed by atoms with Crippen molar-refractivity contribution in [3.8, 4) is 95.5 Å². The Morgan fingerprint density at radius 3 is 1.19 bits per heavy atom. The number of fused-ring (bicyclic) bond motifs is 3. The molecular weight excluding hydrogens is 813 g/mol. The summed E-state index contributed by atoms with van der Waals surface area (Å²) in [4.78, 5) is 15.6. The van der Waals surface area contributed by atoms with Crippen molar-refractivity contribution in [1.29, 1.82) is 0 Å². The highest BCUT2D eigenvalue weighted by molar-refractivity contribution is 6.16. The molecule has 2 heterocycles. The van der Waals surface area contributed by atoms with Gasteiger partial charge >= 0.3 is 0 Å². The Morgan fingerprint density at radius 2 is 0.627 bits per heavy atom. The van der Waals surface area contributed by atoms with Gasteiger partial charge in [-0.05, 0) is 116 Å². The summed E-state index contributed by atoms with van der Waals surface area (Å²) in [5.74, 6) is 1.84. The van der Waals surface area contributed by atoms with E-state index in [4.69, 9.17) is 15.0 Å². The Labute approximate surface area is 389 Å². The molecule has 4 nitrogen and oxygen atoms in total. The maximum atomic E-state index is 5.27. The number of nitrogens with zero attached hydrogens (tertiary/aromatic N) is 4.